The van der Waals surface area contributed by atoms with E-state index in [1.54, 1.807) is 12.1 Å². The number of benzene rings is 1. The van der Waals surface area contributed by atoms with E-state index in [0.717, 1.165) is 29.0 Å². The van der Waals surface area contributed by atoms with Crippen LogP contribution in [0.5, 0.6) is 11.5 Å². The second-order valence-corrected chi connectivity index (χ2v) is 5.08. The minimum Gasteiger partial charge on any atom is -0.461 e. The number of ketones is 1. The average molecular weight is 286 g/mol. The van der Waals surface area contributed by atoms with E-state index in [4.69, 9.17) is 18.6 Å². The van der Waals surface area contributed by atoms with Crippen molar-refractivity contribution in [3.05, 3.63) is 47.4 Å². The lowest BCUT2D eigenvalue weighted by atomic mass is 9.93. The predicted octanol–water partition coefficient (Wildman–Crippen LogP) is 2.90. The van der Waals surface area contributed by atoms with Crippen LogP contribution in [0.4, 0.5) is 0 Å². The van der Waals surface area contributed by atoms with E-state index in [-0.39, 0.29) is 25.1 Å². The van der Waals surface area contributed by atoms with Crippen LogP contribution in [0.3, 0.4) is 0 Å². The van der Waals surface area contributed by atoms with Gasteiger partial charge in [-0.25, -0.2) is 0 Å². The van der Waals surface area contributed by atoms with Crippen molar-refractivity contribution in [3.63, 3.8) is 0 Å². The van der Waals surface area contributed by atoms with E-state index < -0.39 is 0 Å². The Kier molecular flexibility index (Phi) is 2.93. The first kappa shape index (κ1) is 12.5. The van der Waals surface area contributed by atoms with Crippen molar-refractivity contribution in [1.82, 2.24) is 0 Å². The third-order valence-corrected chi connectivity index (χ3v) is 3.86. The Balaban J connectivity index is 1.63. The van der Waals surface area contributed by atoms with Crippen LogP contribution < -0.4 is 9.47 Å². The van der Waals surface area contributed by atoms with E-state index in [1.165, 1.54) is 6.26 Å². The minimum absolute atomic E-state index is 0.0597. The third-order valence-electron chi connectivity index (χ3n) is 3.86. The summed E-state index contributed by atoms with van der Waals surface area (Å²) in [5.74, 6) is 1.87. The second-order valence-electron chi connectivity index (χ2n) is 5.08. The van der Waals surface area contributed by atoms with Crippen molar-refractivity contribution in [3.8, 4) is 11.5 Å². The molecule has 2 aromatic rings. The Bertz CT molecular complexity index is 674. The molecule has 108 valence electrons. The molecule has 1 aromatic carbocycles. The summed E-state index contributed by atoms with van der Waals surface area (Å²) in [5.41, 5.74) is 2.10. The molecule has 5 heteroatoms. The molecule has 0 fully saturated rings. The van der Waals surface area contributed by atoms with Crippen molar-refractivity contribution >= 4 is 5.78 Å². The van der Waals surface area contributed by atoms with Crippen LogP contribution in [0.1, 0.15) is 34.2 Å². The summed E-state index contributed by atoms with van der Waals surface area (Å²) in [4.78, 5) is 12.2. The van der Waals surface area contributed by atoms with Gasteiger partial charge in [-0.1, -0.05) is 6.07 Å². The number of rotatable bonds is 3. The molecule has 21 heavy (non-hydrogen) atoms. The maximum absolute atomic E-state index is 12.2. The number of carbonyl (C=O) groups is 1. The first-order chi connectivity index (χ1) is 10.3. The number of hydrogen-bond donors (Lipinski definition) is 0. The lowest BCUT2D eigenvalue weighted by Crippen LogP contribution is -2.19. The fraction of sp³-hybridized carbons (Fsp3) is 0.312. The molecule has 0 bridgehead atoms. The van der Waals surface area contributed by atoms with E-state index in [1.807, 2.05) is 12.1 Å². The van der Waals surface area contributed by atoms with E-state index >= 15 is 0 Å². The zero-order valence-electron chi connectivity index (χ0n) is 11.3. The van der Waals surface area contributed by atoms with E-state index in [0.29, 0.717) is 12.4 Å². The highest BCUT2D eigenvalue weighted by Crippen LogP contribution is 2.43. The van der Waals surface area contributed by atoms with E-state index in [9.17, 15) is 4.79 Å². The topological polar surface area (TPSA) is 57.9 Å². The molecule has 1 aromatic heterocycles. The number of carbonyl (C=O) groups excluding carboxylic acids is 1. The smallest absolute Gasteiger partial charge is 0.231 e. The van der Waals surface area contributed by atoms with Crippen LogP contribution >= 0.6 is 0 Å². The molecule has 4 rings (SSSR count). The fourth-order valence-electron chi connectivity index (χ4n) is 2.87. The van der Waals surface area contributed by atoms with Gasteiger partial charge in [0.15, 0.2) is 17.3 Å². The summed E-state index contributed by atoms with van der Waals surface area (Å²) in [7, 11) is 0. The molecule has 3 heterocycles. The minimum atomic E-state index is -0.263. The number of ether oxygens (including phenoxy) is 3. The number of furan rings is 1. The van der Waals surface area contributed by atoms with Gasteiger partial charge in [-0.05, 0) is 30.2 Å². The Hall–Kier alpha value is -2.27. The van der Waals surface area contributed by atoms with Gasteiger partial charge in [0, 0.05) is 12.0 Å². The zero-order valence-corrected chi connectivity index (χ0v) is 11.3. The number of Topliss-reactive ketones (excluding diaryl/α,β-unsaturated/α-hetero) is 1. The van der Waals surface area contributed by atoms with Crippen molar-refractivity contribution < 1.29 is 23.4 Å². The fourth-order valence-corrected chi connectivity index (χ4v) is 2.87. The second kappa shape index (κ2) is 4.93. The average Bonchev–Trinajstić information content (AvgIpc) is 3.18. The van der Waals surface area contributed by atoms with Crippen molar-refractivity contribution in [2.45, 2.75) is 18.9 Å². The lowest BCUT2D eigenvalue weighted by Gasteiger charge is -2.26. The summed E-state index contributed by atoms with van der Waals surface area (Å²) >= 11 is 0. The van der Waals surface area contributed by atoms with Gasteiger partial charge in [0.2, 0.25) is 12.6 Å². The highest BCUT2D eigenvalue weighted by molar-refractivity contribution is 5.93. The molecule has 1 unspecified atom stereocenters. The number of fused-ring (bicyclic) bond motifs is 3. The molecule has 5 nitrogen and oxygen atoms in total. The molecule has 0 aliphatic carbocycles. The quantitative estimate of drug-likeness (QED) is 0.812. The molecular weight excluding hydrogens is 272 g/mol. The first-order valence-corrected chi connectivity index (χ1v) is 6.92. The summed E-state index contributed by atoms with van der Waals surface area (Å²) in [6.07, 6.45) is 2.27. The number of hydrogen-bond acceptors (Lipinski definition) is 5. The van der Waals surface area contributed by atoms with E-state index in [2.05, 4.69) is 0 Å². The van der Waals surface area contributed by atoms with Crippen molar-refractivity contribution in [2.75, 3.05) is 13.4 Å². The van der Waals surface area contributed by atoms with Crippen LogP contribution in [0, 0.1) is 0 Å². The molecule has 0 N–H and O–H groups in total. The predicted molar refractivity (Wildman–Crippen MR) is 72.6 cm³/mol. The SMILES string of the molecule is O=C(CC1OCCc2c1ccc1c2OCO1)c1ccco1. The molecular formula is C16H14O5. The highest BCUT2D eigenvalue weighted by Gasteiger charge is 2.30. The Morgan fingerprint density at radius 3 is 3.05 bits per heavy atom. The Morgan fingerprint density at radius 1 is 1.24 bits per heavy atom. The maximum Gasteiger partial charge on any atom is 0.231 e. The molecule has 2 aliphatic rings. The van der Waals surface area contributed by atoms with Gasteiger partial charge in [0.1, 0.15) is 0 Å². The molecule has 0 spiro atoms. The molecule has 1 atom stereocenters. The van der Waals surface area contributed by atoms with Gasteiger partial charge >= 0.3 is 0 Å². The molecule has 0 amide bonds. The zero-order chi connectivity index (χ0) is 14.2. The van der Waals surface area contributed by atoms with Gasteiger partial charge in [0.25, 0.3) is 0 Å². The van der Waals surface area contributed by atoms with Crippen LogP contribution in [0.15, 0.2) is 34.9 Å². The summed E-state index contributed by atoms with van der Waals surface area (Å²) < 4.78 is 21.9. The normalized spacial score (nSPS) is 19.3. The largest absolute Gasteiger partial charge is 0.461 e. The van der Waals surface area contributed by atoms with Gasteiger partial charge in [0.05, 0.1) is 19.0 Å². The highest BCUT2D eigenvalue weighted by atomic mass is 16.7. The summed E-state index contributed by atoms with van der Waals surface area (Å²) in [5, 5.41) is 0. The van der Waals surface area contributed by atoms with Crippen LogP contribution in [-0.4, -0.2) is 19.2 Å². The molecule has 0 radical (unpaired) electrons. The van der Waals surface area contributed by atoms with Crippen LogP contribution in [-0.2, 0) is 11.2 Å². The summed E-state index contributed by atoms with van der Waals surface area (Å²) in [6, 6.07) is 7.22. The van der Waals surface area contributed by atoms with Crippen molar-refractivity contribution in [2.24, 2.45) is 0 Å². The first-order valence-electron chi connectivity index (χ1n) is 6.92. The molecule has 0 saturated heterocycles. The van der Waals surface area contributed by atoms with Gasteiger partial charge in [-0.2, -0.15) is 0 Å². The standard InChI is InChI=1S/C16H14O5/c17-12(13-2-1-6-18-13)8-15-10-3-4-14-16(21-9-20-14)11(10)5-7-19-15/h1-4,6,15H,5,7-9H2. The Labute approximate surface area is 121 Å². The summed E-state index contributed by atoms with van der Waals surface area (Å²) in [6.45, 7) is 0.825. The monoisotopic (exact) mass is 286 g/mol. The molecule has 2 aliphatic heterocycles. The molecule has 0 saturated carbocycles. The van der Waals surface area contributed by atoms with Gasteiger partial charge in [-0.3, -0.25) is 4.79 Å². The Morgan fingerprint density at radius 2 is 2.19 bits per heavy atom. The van der Waals surface area contributed by atoms with Gasteiger partial charge < -0.3 is 18.6 Å². The lowest BCUT2D eigenvalue weighted by molar-refractivity contribution is 0.0336. The van der Waals surface area contributed by atoms with Crippen molar-refractivity contribution in [1.29, 1.82) is 0 Å². The van der Waals surface area contributed by atoms with Gasteiger partial charge in [-0.15, -0.1) is 0 Å². The van der Waals surface area contributed by atoms with Crippen LogP contribution in [0.25, 0.3) is 0 Å². The maximum atomic E-state index is 12.2. The van der Waals surface area contributed by atoms with Crippen LogP contribution in [0.2, 0.25) is 0 Å². The third kappa shape index (κ3) is 2.10.